The monoisotopic (exact) mass is 286 g/mol. The minimum atomic E-state index is -0.314. The van der Waals surface area contributed by atoms with Gasteiger partial charge in [0.1, 0.15) is 5.78 Å². The van der Waals surface area contributed by atoms with Crippen molar-refractivity contribution >= 4 is 11.8 Å². The first-order chi connectivity index (χ1) is 10.2. The van der Waals surface area contributed by atoms with Crippen molar-refractivity contribution in [3.05, 3.63) is 47.5 Å². The van der Waals surface area contributed by atoms with E-state index >= 15 is 0 Å². The summed E-state index contributed by atoms with van der Waals surface area (Å²) in [5.41, 5.74) is 2.55. The van der Waals surface area contributed by atoms with Crippen molar-refractivity contribution in [2.24, 2.45) is 0 Å². The summed E-state index contributed by atoms with van der Waals surface area (Å²) in [5.74, 6) is 0.129. The lowest BCUT2D eigenvalue weighted by atomic mass is 9.79. The number of benzene rings is 1. The Balaban J connectivity index is 1.82. The van der Waals surface area contributed by atoms with Crippen LogP contribution in [0.3, 0.4) is 0 Å². The molecule has 0 aliphatic heterocycles. The van der Waals surface area contributed by atoms with Crippen LogP contribution in [0.4, 0.5) is 0 Å². The van der Waals surface area contributed by atoms with Crippen molar-refractivity contribution < 1.29 is 14.3 Å². The lowest BCUT2D eigenvalue weighted by Crippen LogP contribution is -2.20. The van der Waals surface area contributed by atoms with E-state index in [1.54, 1.807) is 0 Å². The van der Waals surface area contributed by atoms with Crippen molar-refractivity contribution in [1.82, 2.24) is 0 Å². The number of Topliss-reactive ketones (excluding diaryl/α,β-unsaturated/α-hetero) is 1. The van der Waals surface area contributed by atoms with E-state index in [4.69, 9.17) is 0 Å². The smallest absolute Gasteiger partial charge is 0.330 e. The van der Waals surface area contributed by atoms with E-state index in [1.165, 1.54) is 24.3 Å². The Morgan fingerprint density at radius 2 is 2.10 bits per heavy atom. The van der Waals surface area contributed by atoms with Crippen LogP contribution in [0.5, 0.6) is 0 Å². The third-order valence-electron chi connectivity index (χ3n) is 4.03. The maximum atomic E-state index is 12.1. The summed E-state index contributed by atoms with van der Waals surface area (Å²) in [4.78, 5) is 23.0. The molecule has 1 aliphatic rings. The van der Waals surface area contributed by atoms with Crippen LogP contribution in [0.25, 0.3) is 0 Å². The predicted molar refractivity (Wildman–Crippen MR) is 82.1 cm³/mol. The van der Waals surface area contributed by atoms with E-state index in [2.05, 4.69) is 16.9 Å². The molecule has 0 bridgehead atoms. The van der Waals surface area contributed by atoms with E-state index in [0.29, 0.717) is 12.2 Å². The number of hydrogen-bond donors (Lipinski definition) is 0. The molecule has 1 unspecified atom stereocenters. The number of aryl methyl sites for hydroxylation is 1. The van der Waals surface area contributed by atoms with Crippen molar-refractivity contribution in [3.8, 4) is 0 Å². The molecule has 0 saturated heterocycles. The number of ketones is 1. The molecule has 0 fully saturated rings. The van der Waals surface area contributed by atoms with Crippen LogP contribution in [-0.2, 0) is 20.7 Å². The van der Waals surface area contributed by atoms with Gasteiger partial charge in [-0.25, -0.2) is 4.79 Å². The fourth-order valence-corrected chi connectivity index (χ4v) is 2.88. The SMILES string of the molecule is COC(=O)/C=C/CCCCC1C(=O)CCc2ccccc21. The predicted octanol–water partition coefficient (Wildman–Crippen LogP) is 3.58. The molecular weight excluding hydrogens is 264 g/mol. The molecule has 0 radical (unpaired) electrons. The highest BCUT2D eigenvalue weighted by atomic mass is 16.5. The van der Waals surface area contributed by atoms with Crippen LogP contribution in [0, 0.1) is 0 Å². The first kappa shape index (κ1) is 15.5. The van der Waals surface area contributed by atoms with Gasteiger partial charge in [-0.05, 0) is 36.8 Å². The number of carbonyl (C=O) groups is 2. The molecule has 21 heavy (non-hydrogen) atoms. The Labute approximate surface area is 126 Å². The van der Waals surface area contributed by atoms with Gasteiger partial charge in [0, 0.05) is 18.4 Å². The van der Waals surface area contributed by atoms with E-state index in [-0.39, 0.29) is 11.9 Å². The van der Waals surface area contributed by atoms with Crippen LogP contribution in [0.15, 0.2) is 36.4 Å². The summed E-state index contributed by atoms with van der Waals surface area (Å²) in [5, 5.41) is 0. The molecule has 0 N–H and O–H groups in total. The number of allylic oxidation sites excluding steroid dienone is 1. The molecule has 2 rings (SSSR count). The van der Waals surface area contributed by atoms with Gasteiger partial charge in [0.15, 0.2) is 0 Å². The maximum absolute atomic E-state index is 12.1. The van der Waals surface area contributed by atoms with E-state index < -0.39 is 0 Å². The number of rotatable bonds is 6. The largest absolute Gasteiger partial charge is 0.466 e. The van der Waals surface area contributed by atoms with Gasteiger partial charge < -0.3 is 4.74 Å². The van der Waals surface area contributed by atoms with Crippen LogP contribution in [0.2, 0.25) is 0 Å². The minimum Gasteiger partial charge on any atom is -0.466 e. The minimum absolute atomic E-state index is 0.0690. The fourth-order valence-electron chi connectivity index (χ4n) is 2.88. The van der Waals surface area contributed by atoms with Gasteiger partial charge in [-0.2, -0.15) is 0 Å². The molecule has 112 valence electrons. The fraction of sp³-hybridized carbons (Fsp3) is 0.444. The molecule has 0 spiro atoms. The normalized spacial score (nSPS) is 17.8. The van der Waals surface area contributed by atoms with Crippen molar-refractivity contribution in [3.63, 3.8) is 0 Å². The number of carbonyl (C=O) groups excluding carboxylic acids is 2. The zero-order valence-electron chi connectivity index (χ0n) is 12.5. The van der Waals surface area contributed by atoms with E-state index in [1.807, 2.05) is 18.2 Å². The molecule has 0 amide bonds. The van der Waals surface area contributed by atoms with Crippen molar-refractivity contribution in [1.29, 1.82) is 0 Å². The topological polar surface area (TPSA) is 43.4 Å². The summed E-state index contributed by atoms with van der Waals surface area (Å²) >= 11 is 0. The Morgan fingerprint density at radius 3 is 2.90 bits per heavy atom. The van der Waals surface area contributed by atoms with Crippen LogP contribution in [0.1, 0.15) is 49.1 Å². The van der Waals surface area contributed by atoms with Gasteiger partial charge in [-0.1, -0.05) is 36.8 Å². The second kappa shape index (κ2) is 7.77. The molecule has 1 aromatic rings. The van der Waals surface area contributed by atoms with Crippen LogP contribution in [-0.4, -0.2) is 18.9 Å². The molecule has 0 saturated carbocycles. The van der Waals surface area contributed by atoms with Gasteiger partial charge in [0.25, 0.3) is 0 Å². The first-order valence-electron chi connectivity index (χ1n) is 7.57. The van der Waals surface area contributed by atoms with Crippen LogP contribution < -0.4 is 0 Å². The van der Waals surface area contributed by atoms with Crippen molar-refractivity contribution in [2.75, 3.05) is 7.11 Å². The zero-order chi connectivity index (χ0) is 15.1. The number of ether oxygens (including phenoxy) is 1. The molecule has 3 heteroatoms. The highest BCUT2D eigenvalue weighted by molar-refractivity contribution is 5.88. The third kappa shape index (κ3) is 4.28. The first-order valence-corrected chi connectivity index (χ1v) is 7.57. The second-order valence-electron chi connectivity index (χ2n) is 5.43. The Morgan fingerprint density at radius 1 is 1.29 bits per heavy atom. The maximum Gasteiger partial charge on any atom is 0.330 e. The summed E-state index contributed by atoms with van der Waals surface area (Å²) in [6.07, 6.45) is 8.58. The van der Waals surface area contributed by atoms with Gasteiger partial charge in [-0.15, -0.1) is 0 Å². The highest BCUT2D eigenvalue weighted by Gasteiger charge is 2.26. The molecule has 0 heterocycles. The average Bonchev–Trinajstić information content (AvgIpc) is 2.52. The summed E-state index contributed by atoms with van der Waals surface area (Å²) < 4.78 is 4.53. The Hall–Kier alpha value is -1.90. The van der Waals surface area contributed by atoms with Gasteiger partial charge in [0.05, 0.1) is 7.11 Å². The quantitative estimate of drug-likeness (QED) is 0.456. The highest BCUT2D eigenvalue weighted by Crippen LogP contribution is 2.32. The summed E-state index contributed by atoms with van der Waals surface area (Å²) in [7, 11) is 1.37. The second-order valence-corrected chi connectivity index (χ2v) is 5.43. The van der Waals surface area contributed by atoms with E-state index in [0.717, 1.165) is 32.1 Å². The van der Waals surface area contributed by atoms with Gasteiger partial charge in [0.2, 0.25) is 0 Å². The van der Waals surface area contributed by atoms with Crippen molar-refractivity contribution in [2.45, 2.75) is 44.4 Å². The molecule has 1 aromatic carbocycles. The van der Waals surface area contributed by atoms with Gasteiger partial charge >= 0.3 is 5.97 Å². The lowest BCUT2D eigenvalue weighted by Gasteiger charge is -2.24. The van der Waals surface area contributed by atoms with Crippen LogP contribution >= 0.6 is 0 Å². The molecule has 0 aromatic heterocycles. The molecular formula is C18H22O3. The number of hydrogen-bond acceptors (Lipinski definition) is 3. The number of esters is 1. The molecule has 1 aliphatic carbocycles. The molecule has 3 nitrogen and oxygen atoms in total. The number of fused-ring (bicyclic) bond motifs is 1. The molecule has 1 atom stereocenters. The Bertz CT molecular complexity index is 531. The number of methoxy groups -OCH3 is 1. The van der Waals surface area contributed by atoms with E-state index in [9.17, 15) is 9.59 Å². The zero-order valence-corrected chi connectivity index (χ0v) is 12.5. The lowest BCUT2D eigenvalue weighted by molar-refractivity contribution is -0.134. The standard InChI is InChI=1S/C18H22O3/c1-21-18(20)11-5-3-2-4-10-16-15-9-7-6-8-14(15)12-13-17(16)19/h5-9,11,16H,2-4,10,12-13H2,1H3/b11-5+. The third-order valence-corrected chi connectivity index (χ3v) is 4.03. The average molecular weight is 286 g/mol. The summed E-state index contributed by atoms with van der Waals surface area (Å²) in [6.45, 7) is 0. The summed E-state index contributed by atoms with van der Waals surface area (Å²) in [6, 6.07) is 8.29. The number of unbranched alkanes of at least 4 members (excludes halogenated alkanes) is 2. The van der Waals surface area contributed by atoms with Gasteiger partial charge in [-0.3, -0.25) is 4.79 Å². The Kier molecular flexibility index (Phi) is 5.73.